The predicted molar refractivity (Wildman–Crippen MR) is 80.9 cm³/mol. The maximum absolute atomic E-state index is 12.7. The van der Waals surface area contributed by atoms with Gasteiger partial charge in [0.15, 0.2) is 5.78 Å². The van der Waals surface area contributed by atoms with E-state index in [0.717, 1.165) is 0 Å². The molecule has 116 valence electrons. The molecular formula is C18H20O4. The molecule has 0 amide bonds. The highest BCUT2D eigenvalue weighted by Gasteiger charge is 2.57. The van der Waals surface area contributed by atoms with E-state index in [4.69, 9.17) is 9.47 Å². The lowest BCUT2D eigenvalue weighted by Crippen LogP contribution is -2.36. The first kappa shape index (κ1) is 15.0. The van der Waals surface area contributed by atoms with Crippen molar-refractivity contribution < 1.29 is 19.1 Å². The molecule has 1 saturated heterocycles. The third-order valence-electron chi connectivity index (χ3n) is 4.10. The van der Waals surface area contributed by atoms with Gasteiger partial charge in [0, 0.05) is 11.8 Å². The van der Waals surface area contributed by atoms with Crippen LogP contribution in [0.1, 0.15) is 39.2 Å². The molecule has 0 radical (unpaired) electrons. The molecule has 1 heterocycles. The quantitative estimate of drug-likeness (QED) is 0.787. The number of cyclic esters (lactones) is 1. The fraction of sp³-hybridized carbons (Fsp3) is 0.444. The summed E-state index contributed by atoms with van der Waals surface area (Å²) in [6, 6.07) is 9.28. The fourth-order valence-corrected chi connectivity index (χ4v) is 2.89. The minimum Gasteiger partial charge on any atom is -0.432 e. The lowest BCUT2D eigenvalue weighted by Gasteiger charge is -2.29. The highest BCUT2D eigenvalue weighted by atomic mass is 16.8. The van der Waals surface area contributed by atoms with Crippen LogP contribution in [0.4, 0.5) is 0 Å². The molecule has 1 fully saturated rings. The number of rotatable bonds is 2. The van der Waals surface area contributed by atoms with Crippen LogP contribution in [0.15, 0.2) is 42.0 Å². The van der Waals surface area contributed by atoms with E-state index in [1.807, 2.05) is 51.1 Å². The van der Waals surface area contributed by atoms with Gasteiger partial charge in [-0.1, -0.05) is 51.1 Å². The molecule has 4 heteroatoms. The van der Waals surface area contributed by atoms with Gasteiger partial charge in [0.1, 0.15) is 0 Å². The Balaban J connectivity index is 2.11. The Labute approximate surface area is 130 Å². The van der Waals surface area contributed by atoms with Gasteiger partial charge in [-0.05, 0) is 23.6 Å². The monoisotopic (exact) mass is 300 g/mol. The number of allylic oxidation sites excluding steroid dienone is 1. The van der Waals surface area contributed by atoms with Gasteiger partial charge in [-0.15, -0.1) is 0 Å². The summed E-state index contributed by atoms with van der Waals surface area (Å²) in [6.07, 6.45) is 1.84. The van der Waals surface area contributed by atoms with Crippen molar-refractivity contribution in [3.63, 3.8) is 0 Å². The summed E-state index contributed by atoms with van der Waals surface area (Å²) in [5.74, 6) is -0.402. The molecule has 0 spiro atoms. The Kier molecular flexibility index (Phi) is 3.44. The van der Waals surface area contributed by atoms with Crippen molar-refractivity contribution in [2.45, 2.75) is 45.5 Å². The van der Waals surface area contributed by atoms with Crippen molar-refractivity contribution in [1.29, 1.82) is 0 Å². The van der Waals surface area contributed by atoms with Crippen LogP contribution in [0.25, 0.3) is 0 Å². The topological polar surface area (TPSA) is 52.6 Å². The standard InChI is InChI=1S/C18H20O4/c1-17(2,3)16-21-15(20)18(22-16,12-7-5-4-6-8-12)13-9-10-14(19)11-13/h4-8,11,16H,9-10H2,1-3H3. The molecule has 0 bridgehead atoms. The first-order valence-corrected chi connectivity index (χ1v) is 7.52. The second-order valence-corrected chi connectivity index (χ2v) is 6.90. The lowest BCUT2D eigenvalue weighted by atomic mass is 9.85. The van der Waals surface area contributed by atoms with Gasteiger partial charge < -0.3 is 9.47 Å². The number of ketones is 1. The van der Waals surface area contributed by atoms with Gasteiger partial charge in [-0.2, -0.15) is 0 Å². The first-order valence-electron chi connectivity index (χ1n) is 7.52. The Morgan fingerprint density at radius 1 is 1.09 bits per heavy atom. The number of benzene rings is 1. The number of carbonyl (C=O) groups excluding carboxylic acids is 2. The highest BCUT2D eigenvalue weighted by Crippen LogP contribution is 2.47. The summed E-state index contributed by atoms with van der Waals surface area (Å²) in [5.41, 5.74) is -0.214. The summed E-state index contributed by atoms with van der Waals surface area (Å²) < 4.78 is 11.7. The van der Waals surface area contributed by atoms with Crippen LogP contribution in [0.5, 0.6) is 0 Å². The van der Waals surface area contributed by atoms with Crippen molar-refractivity contribution in [2.75, 3.05) is 0 Å². The molecule has 1 aliphatic carbocycles. The Hall–Kier alpha value is -1.94. The number of esters is 1. The van der Waals surface area contributed by atoms with E-state index in [2.05, 4.69) is 0 Å². The van der Waals surface area contributed by atoms with E-state index in [1.54, 1.807) is 6.08 Å². The van der Waals surface area contributed by atoms with Crippen molar-refractivity contribution in [2.24, 2.45) is 5.41 Å². The zero-order valence-electron chi connectivity index (χ0n) is 13.1. The maximum atomic E-state index is 12.7. The molecule has 1 aliphatic heterocycles. The second kappa shape index (κ2) is 5.06. The van der Waals surface area contributed by atoms with Crippen LogP contribution in [0.3, 0.4) is 0 Å². The largest absolute Gasteiger partial charge is 0.432 e. The molecule has 3 rings (SSSR count). The van der Waals surface area contributed by atoms with Crippen molar-refractivity contribution in [3.8, 4) is 0 Å². The van der Waals surface area contributed by atoms with Crippen LogP contribution >= 0.6 is 0 Å². The summed E-state index contributed by atoms with van der Waals surface area (Å²) in [4.78, 5) is 24.4. The third-order valence-corrected chi connectivity index (χ3v) is 4.10. The lowest BCUT2D eigenvalue weighted by molar-refractivity contribution is -0.155. The fourth-order valence-electron chi connectivity index (χ4n) is 2.89. The van der Waals surface area contributed by atoms with Crippen LogP contribution in [-0.4, -0.2) is 18.0 Å². The number of hydrogen-bond acceptors (Lipinski definition) is 4. The van der Waals surface area contributed by atoms with Crippen LogP contribution in [0, 0.1) is 5.41 Å². The third kappa shape index (κ3) is 2.28. The Bertz CT molecular complexity index is 639. The summed E-state index contributed by atoms with van der Waals surface area (Å²) in [5, 5.41) is 0. The van der Waals surface area contributed by atoms with Crippen LogP contribution in [-0.2, 0) is 24.7 Å². The molecular weight excluding hydrogens is 280 g/mol. The van der Waals surface area contributed by atoms with Gasteiger partial charge in [0.2, 0.25) is 11.9 Å². The van der Waals surface area contributed by atoms with Crippen LogP contribution < -0.4 is 0 Å². The predicted octanol–water partition coefficient (Wildman–Crippen LogP) is 3.12. The first-order chi connectivity index (χ1) is 10.3. The van der Waals surface area contributed by atoms with Gasteiger partial charge in [0.25, 0.3) is 0 Å². The number of hydrogen-bond donors (Lipinski definition) is 0. The van der Waals surface area contributed by atoms with E-state index in [1.165, 1.54) is 0 Å². The molecule has 0 aromatic heterocycles. The molecule has 0 N–H and O–H groups in total. The molecule has 2 unspecified atom stereocenters. The minimum absolute atomic E-state index is 0.0286. The maximum Gasteiger partial charge on any atom is 0.350 e. The van der Waals surface area contributed by atoms with Gasteiger partial charge in [-0.25, -0.2) is 4.79 Å². The molecule has 4 nitrogen and oxygen atoms in total. The van der Waals surface area contributed by atoms with E-state index in [-0.39, 0.29) is 11.2 Å². The number of ether oxygens (including phenoxy) is 2. The van der Waals surface area contributed by atoms with Gasteiger partial charge in [0.05, 0.1) is 0 Å². The normalized spacial score (nSPS) is 28.7. The summed E-state index contributed by atoms with van der Waals surface area (Å²) >= 11 is 0. The van der Waals surface area contributed by atoms with Crippen molar-refractivity contribution in [1.82, 2.24) is 0 Å². The molecule has 0 saturated carbocycles. The summed E-state index contributed by atoms with van der Waals surface area (Å²) in [6.45, 7) is 5.88. The minimum atomic E-state index is -1.29. The number of carbonyl (C=O) groups is 2. The van der Waals surface area contributed by atoms with Crippen molar-refractivity contribution >= 4 is 11.8 Å². The van der Waals surface area contributed by atoms with Gasteiger partial charge in [-0.3, -0.25) is 4.79 Å². The SMILES string of the molecule is CC(C)(C)C1OC(=O)C(C2=CC(=O)CC2)(c2ccccc2)O1. The van der Waals surface area contributed by atoms with E-state index < -0.39 is 17.9 Å². The van der Waals surface area contributed by atoms with E-state index in [0.29, 0.717) is 24.0 Å². The average molecular weight is 300 g/mol. The van der Waals surface area contributed by atoms with Crippen molar-refractivity contribution in [3.05, 3.63) is 47.5 Å². The molecule has 22 heavy (non-hydrogen) atoms. The molecule has 2 atom stereocenters. The summed E-state index contributed by atoms with van der Waals surface area (Å²) in [7, 11) is 0. The zero-order chi connectivity index (χ0) is 16.0. The van der Waals surface area contributed by atoms with Gasteiger partial charge >= 0.3 is 5.97 Å². The van der Waals surface area contributed by atoms with E-state index >= 15 is 0 Å². The van der Waals surface area contributed by atoms with E-state index in [9.17, 15) is 9.59 Å². The average Bonchev–Trinajstić information content (AvgIpc) is 3.04. The Morgan fingerprint density at radius 2 is 1.77 bits per heavy atom. The molecule has 1 aromatic rings. The second-order valence-electron chi connectivity index (χ2n) is 6.90. The molecule has 2 aliphatic rings. The highest BCUT2D eigenvalue weighted by molar-refractivity contribution is 5.97. The van der Waals surface area contributed by atoms with Crippen LogP contribution in [0.2, 0.25) is 0 Å². The smallest absolute Gasteiger partial charge is 0.350 e. The zero-order valence-corrected chi connectivity index (χ0v) is 13.1. The molecule has 1 aromatic carbocycles. The Morgan fingerprint density at radius 3 is 2.27 bits per heavy atom.